The highest BCUT2D eigenvalue weighted by Crippen LogP contribution is 2.33. The Morgan fingerprint density at radius 1 is 0.844 bits per heavy atom. The molecule has 0 fully saturated rings. The van der Waals surface area contributed by atoms with Gasteiger partial charge in [-0.15, -0.1) is 0 Å². The van der Waals surface area contributed by atoms with Crippen LogP contribution in [0.2, 0.25) is 0 Å². The first-order valence-corrected chi connectivity index (χ1v) is 11.6. The second kappa shape index (κ2) is 8.56. The molecular weight excluding hydrogens is 412 g/mol. The molecule has 5 rings (SSSR count). The molecule has 0 atom stereocenters. The van der Waals surface area contributed by atoms with E-state index in [2.05, 4.69) is 62.4 Å². The van der Waals surface area contributed by atoms with Gasteiger partial charge in [0.1, 0.15) is 0 Å². The molecule has 1 aromatic heterocycles. The molecule has 0 spiro atoms. The van der Waals surface area contributed by atoms with Crippen LogP contribution in [-0.2, 0) is 17.8 Å². The minimum absolute atomic E-state index is 0.0533. The van der Waals surface area contributed by atoms with Crippen molar-refractivity contribution in [2.75, 3.05) is 4.90 Å². The van der Waals surface area contributed by atoms with Crippen LogP contribution in [0.5, 0.6) is 0 Å². The predicted octanol–water partition coefficient (Wildman–Crippen LogP) is 6.84. The molecule has 0 aliphatic heterocycles. The fraction of sp³-hybridized carbons (Fsp3) is 0.143. The average molecular weight is 437 g/mol. The van der Waals surface area contributed by atoms with Crippen LogP contribution in [0.1, 0.15) is 22.3 Å². The SMILES string of the molecule is Cc1ccc2sc(N(Cc3ccccc3)C(=O)Cc3ccc4ccccc4c3)nc2c1C. The molecule has 32 heavy (non-hydrogen) atoms. The number of hydrogen-bond acceptors (Lipinski definition) is 3. The number of anilines is 1. The van der Waals surface area contributed by atoms with E-state index >= 15 is 0 Å². The zero-order chi connectivity index (χ0) is 22.1. The average Bonchev–Trinajstić information content (AvgIpc) is 3.25. The molecule has 4 aromatic carbocycles. The molecule has 0 saturated heterocycles. The van der Waals surface area contributed by atoms with E-state index in [4.69, 9.17) is 4.98 Å². The fourth-order valence-electron chi connectivity index (χ4n) is 3.98. The largest absolute Gasteiger partial charge is 0.283 e. The van der Waals surface area contributed by atoms with Crippen LogP contribution in [0.15, 0.2) is 84.9 Å². The van der Waals surface area contributed by atoms with Gasteiger partial charge in [0.2, 0.25) is 5.91 Å². The van der Waals surface area contributed by atoms with Crippen molar-refractivity contribution in [2.45, 2.75) is 26.8 Å². The maximum Gasteiger partial charge on any atom is 0.233 e. The summed E-state index contributed by atoms with van der Waals surface area (Å²) in [5.41, 5.74) is 5.48. The summed E-state index contributed by atoms with van der Waals surface area (Å²) >= 11 is 1.58. The first-order valence-electron chi connectivity index (χ1n) is 10.8. The van der Waals surface area contributed by atoms with Crippen LogP contribution >= 0.6 is 11.3 Å². The summed E-state index contributed by atoms with van der Waals surface area (Å²) in [4.78, 5) is 20.3. The van der Waals surface area contributed by atoms with Gasteiger partial charge in [0.05, 0.1) is 23.2 Å². The van der Waals surface area contributed by atoms with Gasteiger partial charge in [0.15, 0.2) is 5.13 Å². The Hall–Kier alpha value is -3.50. The van der Waals surface area contributed by atoms with Gasteiger partial charge in [-0.3, -0.25) is 9.69 Å². The van der Waals surface area contributed by atoms with Crippen molar-refractivity contribution in [3.8, 4) is 0 Å². The third kappa shape index (κ3) is 4.02. The minimum Gasteiger partial charge on any atom is -0.283 e. The van der Waals surface area contributed by atoms with Gasteiger partial charge >= 0.3 is 0 Å². The van der Waals surface area contributed by atoms with Gasteiger partial charge in [0, 0.05) is 0 Å². The number of carbonyl (C=O) groups is 1. The van der Waals surface area contributed by atoms with Gasteiger partial charge in [-0.25, -0.2) is 4.98 Å². The number of aromatic nitrogens is 1. The van der Waals surface area contributed by atoms with Crippen molar-refractivity contribution in [1.29, 1.82) is 0 Å². The van der Waals surface area contributed by atoms with Gasteiger partial charge in [-0.05, 0) is 52.9 Å². The maximum absolute atomic E-state index is 13.6. The van der Waals surface area contributed by atoms with E-state index in [-0.39, 0.29) is 5.91 Å². The van der Waals surface area contributed by atoms with Crippen LogP contribution in [0, 0.1) is 13.8 Å². The van der Waals surface area contributed by atoms with E-state index in [9.17, 15) is 4.79 Å². The molecule has 0 unspecified atom stereocenters. The zero-order valence-corrected chi connectivity index (χ0v) is 19.0. The number of aryl methyl sites for hydroxylation is 2. The monoisotopic (exact) mass is 436 g/mol. The zero-order valence-electron chi connectivity index (χ0n) is 18.2. The molecule has 0 bridgehead atoms. The standard InChI is InChI=1S/C28H24N2OS/c1-19-12-15-25-27(20(19)2)29-28(32-25)30(18-21-8-4-3-5-9-21)26(31)17-22-13-14-23-10-6-7-11-24(23)16-22/h3-16H,17-18H2,1-2H3. The highest BCUT2D eigenvalue weighted by Gasteiger charge is 2.21. The predicted molar refractivity (Wildman–Crippen MR) is 134 cm³/mol. The quantitative estimate of drug-likeness (QED) is 0.302. The summed E-state index contributed by atoms with van der Waals surface area (Å²) in [7, 11) is 0. The first kappa shape index (κ1) is 20.4. The van der Waals surface area contributed by atoms with Crippen molar-refractivity contribution >= 4 is 43.4 Å². The summed E-state index contributed by atoms with van der Waals surface area (Å²) in [5, 5.41) is 3.09. The Bertz CT molecular complexity index is 1420. The van der Waals surface area contributed by atoms with Gasteiger partial charge in [0.25, 0.3) is 0 Å². The molecule has 5 aromatic rings. The lowest BCUT2D eigenvalue weighted by molar-refractivity contribution is -0.118. The second-order valence-electron chi connectivity index (χ2n) is 8.17. The second-order valence-corrected chi connectivity index (χ2v) is 9.18. The molecule has 4 heteroatoms. The van der Waals surface area contributed by atoms with E-state index in [0.29, 0.717) is 13.0 Å². The normalized spacial score (nSPS) is 11.2. The van der Waals surface area contributed by atoms with Crippen molar-refractivity contribution in [1.82, 2.24) is 4.98 Å². The molecule has 158 valence electrons. The van der Waals surface area contributed by atoms with Gasteiger partial charge < -0.3 is 0 Å². The molecular formula is C28H24N2OS. The van der Waals surface area contributed by atoms with Crippen molar-refractivity contribution < 1.29 is 4.79 Å². The number of thiazole rings is 1. The third-order valence-electron chi connectivity index (χ3n) is 5.96. The third-order valence-corrected chi connectivity index (χ3v) is 7.00. The van der Waals surface area contributed by atoms with E-state index in [0.717, 1.165) is 31.9 Å². The highest BCUT2D eigenvalue weighted by atomic mass is 32.1. The Labute approximate surface area is 192 Å². The van der Waals surface area contributed by atoms with Crippen molar-refractivity contribution in [3.63, 3.8) is 0 Å². The Morgan fingerprint density at radius 3 is 2.41 bits per heavy atom. The van der Waals surface area contributed by atoms with Crippen LogP contribution in [0.25, 0.3) is 21.0 Å². The summed E-state index contributed by atoms with van der Waals surface area (Å²) in [5.74, 6) is 0.0533. The number of carbonyl (C=O) groups excluding carboxylic acids is 1. The highest BCUT2D eigenvalue weighted by molar-refractivity contribution is 7.22. The summed E-state index contributed by atoms with van der Waals surface area (Å²) in [6.07, 6.45) is 0.339. The summed E-state index contributed by atoms with van der Waals surface area (Å²) in [6.45, 7) is 4.70. The molecule has 1 amide bonds. The molecule has 1 heterocycles. The smallest absolute Gasteiger partial charge is 0.233 e. The molecule has 0 radical (unpaired) electrons. The number of benzene rings is 4. The lowest BCUT2D eigenvalue weighted by Crippen LogP contribution is -2.31. The van der Waals surface area contributed by atoms with Crippen molar-refractivity contribution in [3.05, 3.63) is 107 Å². The Morgan fingerprint density at radius 2 is 1.59 bits per heavy atom. The topological polar surface area (TPSA) is 33.2 Å². The van der Waals surface area contributed by atoms with Gasteiger partial charge in [-0.2, -0.15) is 0 Å². The molecule has 0 aliphatic rings. The fourth-order valence-corrected chi connectivity index (χ4v) is 5.02. The molecule has 3 nitrogen and oxygen atoms in total. The lowest BCUT2D eigenvalue weighted by Gasteiger charge is -2.20. The number of nitrogens with zero attached hydrogens (tertiary/aromatic N) is 2. The van der Waals surface area contributed by atoms with Crippen molar-refractivity contribution in [2.24, 2.45) is 0 Å². The molecule has 0 aliphatic carbocycles. The van der Waals surface area contributed by atoms with Crippen LogP contribution < -0.4 is 4.90 Å². The van der Waals surface area contributed by atoms with Crippen LogP contribution in [0.4, 0.5) is 5.13 Å². The van der Waals surface area contributed by atoms with E-state index in [1.807, 2.05) is 41.3 Å². The van der Waals surface area contributed by atoms with Crippen LogP contribution in [0.3, 0.4) is 0 Å². The van der Waals surface area contributed by atoms with E-state index in [1.54, 1.807) is 11.3 Å². The summed E-state index contributed by atoms with van der Waals surface area (Å²) in [6, 6.07) is 28.8. The lowest BCUT2D eigenvalue weighted by atomic mass is 10.0. The number of fused-ring (bicyclic) bond motifs is 2. The first-order chi connectivity index (χ1) is 15.6. The number of hydrogen-bond donors (Lipinski definition) is 0. The summed E-state index contributed by atoms with van der Waals surface area (Å²) < 4.78 is 1.11. The number of amides is 1. The Balaban J connectivity index is 1.51. The van der Waals surface area contributed by atoms with E-state index in [1.165, 1.54) is 16.5 Å². The van der Waals surface area contributed by atoms with Crippen LogP contribution in [-0.4, -0.2) is 10.9 Å². The molecule has 0 N–H and O–H groups in total. The Kier molecular flexibility index (Phi) is 5.46. The maximum atomic E-state index is 13.6. The van der Waals surface area contributed by atoms with E-state index < -0.39 is 0 Å². The molecule has 0 saturated carbocycles. The minimum atomic E-state index is 0.0533. The van der Waals surface area contributed by atoms with Gasteiger partial charge in [-0.1, -0.05) is 90.2 Å². The number of rotatable bonds is 5.